The first-order valence-corrected chi connectivity index (χ1v) is 18.7. The molecule has 0 spiro atoms. The molecule has 13 nitrogen and oxygen atoms in total. The van der Waals surface area contributed by atoms with Crippen molar-refractivity contribution >= 4 is 35.3 Å². The van der Waals surface area contributed by atoms with Crippen LogP contribution in [0.25, 0.3) is 0 Å². The maximum absolute atomic E-state index is 14.7. The van der Waals surface area contributed by atoms with Gasteiger partial charge in [-0.1, -0.05) is 78.9 Å². The average molecular weight is 706 g/mol. The monoisotopic (exact) mass is 705 g/mol. The van der Waals surface area contributed by atoms with Crippen LogP contribution in [-0.2, 0) is 24.0 Å². The van der Waals surface area contributed by atoms with Gasteiger partial charge in [0.15, 0.2) is 0 Å². The fourth-order valence-electron chi connectivity index (χ4n) is 7.56. The van der Waals surface area contributed by atoms with Gasteiger partial charge < -0.3 is 26.2 Å². The van der Waals surface area contributed by atoms with Crippen LogP contribution in [0.15, 0.2) is 30.7 Å². The molecule has 2 heterocycles. The quantitative estimate of drug-likeness (QED) is 0.169. The number of aromatic nitrogens is 2. The number of Topliss-reactive ketones (excluding diaryl/α,β-unsaturated/α-hetero) is 1. The van der Waals surface area contributed by atoms with Crippen LogP contribution >= 0.6 is 0 Å². The van der Waals surface area contributed by atoms with Crippen molar-refractivity contribution in [2.75, 3.05) is 6.54 Å². The SMILES string of the molecule is C=C1CN(C(=O)[C@@H](NC(=O)[C@@H](NC(=O)c2cnccn2)C2CCCCC2)C(C)(C)C)[C@H](C(=O)NC(CC2CC2)C(=O)C(=O)NC2CC2)[C@H]1C(C)C. The van der Waals surface area contributed by atoms with Gasteiger partial charge in [-0.15, -0.1) is 0 Å². The number of likely N-dealkylation sites (tertiary alicyclic amines) is 1. The zero-order valence-corrected chi connectivity index (χ0v) is 30.7. The van der Waals surface area contributed by atoms with Gasteiger partial charge in [-0.3, -0.25) is 33.8 Å². The largest absolute Gasteiger partial charge is 0.347 e. The van der Waals surface area contributed by atoms with E-state index in [9.17, 15) is 28.8 Å². The molecule has 4 N–H and O–H groups in total. The van der Waals surface area contributed by atoms with E-state index in [4.69, 9.17) is 0 Å². The Hall–Kier alpha value is -4.16. The van der Waals surface area contributed by atoms with Crippen molar-refractivity contribution in [2.24, 2.45) is 29.1 Å². The Bertz CT molecular complexity index is 1490. The van der Waals surface area contributed by atoms with Gasteiger partial charge in [0, 0.05) is 30.9 Å². The minimum Gasteiger partial charge on any atom is -0.347 e. The van der Waals surface area contributed by atoms with Crippen molar-refractivity contribution in [2.45, 2.75) is 129 Å². The van der Waals surface area contributed by atoms with Gasteiger partial charge in [-0.2, -0.15) is 0 Å². The van der Waals surface area contributed by atoms with E-state index in [-0.39, 0.29) is 36.0 Å². The molecule has 0 aromatic carbocycles. The lowest BCUT2D eigenvalue weighted by atomic mass is 9.81. The van der Waals surface area contributed by atoms with Gasteiger partial charge in [0.05, 0.1) is 12.2 Å². The molecule has 1 aromatic rings. The van der Waals surface area contributed by atoms with E-state index in [1.54, 1.807) is 0 Å². The molecular formula is C38H55N7O6. The number of carbonyl (C=O) groups excluding carboxylic acids is 6. The Morgan fingerprint density at radius 3 is 2.18 bits per heavy atom. The number of nitrogens with one attached hydrogen (secondary N) is 4. The normalized spacial score (nSPS) is 22.9. The van der Waals surface area contributed by atoms with Crippen molar-refractivity contribution < 1.29 is 28.8 Å². The van der Waals surface area contributed by atoms with Gasteiger partial charge in [0.2, 0.25) is 23.5 Å². The van der Waals surface area contributed by atoms with Crippen LogP contribution in [0.3, 0.4) is 0 Å². The highest BCUT2D eigenvalue weighted by Crippen LogP contribution is 2.38. The van der Waals surface area contributed by atoms with E-state index in [0.717, 1.165) is 57.8 Å². The van der Waals surface area contributed by atoms with Crippen LogP contribution in [0, 0.1) is 29.1 Å². The first kappa shape index (κ1) is 38.1. The molecule has 4 fully saturated rings. The third-order valence-corrected chi connectivity index (χ3v) is 10.7. The summed E-state index contributed by atoms with van der Waals surface area (Å²) in [5, 5.41) is 11.5. The topological polar surface area (TPSA) is 180 Å². The Kier molecular flexibility index (Phi) is 12.0. The molecule has 1 aromatic heterocycles. The summed E-state index contributed by atoms with van der Waals surface area (Å²) in [6, 6.07) is -3.98. The van der Waals surface area contributed by atoms with Crippen LogP contribution in [0.2, 0.25) is 0 Å². The Morgan fingerprint density at radius 2 is 1.61 bits per heavy atom. The second-order valence-corrected chi connectivity index (χ2v) is 16.4. The van der Waals surface area contributed by atoms with E-state index in [1.165, 1.54) is 23.5 Å². The van der Waals surface area contributed by atoms with Crippen LogP contribution in [0.4, 0.5) is 0 Å². The second kappa shape index (κ2) is 16.0. The van der Waals surface area contributed by atoms with Crippen molar-refractivity contribution in [1.29, 1.82) is 0 Å². The second-order valence-electron chi connectivity index (χ2n) is 16.4. The number of carbonyl (C=O) groups is 6. The fourth-order valence-corrected chi connectivity index (χ4v) is 7.56. The highest BCUT2D eigenvalue weighted by atomic mass is 16.2. The fraction of sp³-hybridized carbons (Fsp3) is 0.684. The van der Waals surface area contributed by atoms with E-state index in [1.807, 2.05) is 34.6 Å². The first-order valence-electron chi connectivity index (χ1n) is 18.7. The predicted octanol–water partition coefficient (Wildman–Crippen LogP) is 2.86. The highest BCUT2D eigenvalue weighted by Gasteiger charge is 2.50. The minimum atomic E-state index is -1.06. The molecule has 3 aliphatic carbocycles. The maximum atomic E-state index is 14.7. The van der Waals surface area contributed by atoms with Gasteiger partial charge in [-0.05, 0) is 55.3 Å². The zero-order valence-electron chi connectivity index (χ0n) is 30.7. The smallest absolute Gasteiger partial charge is 0.289 e. The van der Waals surface area contributed by atoms with Crippen LogP contribution in [-0.4, -0.2) is 86.9 Å². The van der Waals surface area contributed by atoms with Crippen LogP contribution < -0.4 is 21.3 Å². The minimum absolute atomic E-state index is 0.00194. The number of nitrogens with zero attached hydrogens (tertiary/aromatic N) is 3. The number of hydrogen-bond donors (Lipinski definition) is 4. The Labute approximate surface area is 300 Å². The standard InChI is InChI=1S/C38H55N7O6/c1-21(2)28-22(3)20-45(30(28)35(49)42-26(18-23-12-13-23)31(46)36(50)41-25-14-15-25)37(51)32(38(4,5)6)44-34(48)29(24-10-8-7-9-11-24)43-33(47)27-19-39-16-17-40-27/h16-17,19,21,23-26,28-30,32H,3,7-15,18,20H2,1-2,4-6H3,(H,41,50)(H,42,49)(H,43,47)(H,44,48)/t26?,28-,29-,30-,32+/m0/s1. The summed E-state index contributed by atoms with van der Waals surface area (Å²) in [5.74, 6) is -3.73. The number of amides is 5. The molecule has 1 saturated heterocycles. The molecule has 278 valence electrons. The summed E-state index contributed by atoms with van der Waals surface area (Å²) in [4.78, 5) is 92.1. The van der Waals surface area contributed by atoms with Crippen LogP contribution in [0.5, 0.6) is 0 Å². The van der Waals surface area contributed by atoms with E-state index < -0.39 is 70.8 Å². The molecule has 5 amide bonds. The molecule has 1 aliphatic heterocycles. The number of ketones is 1. The van der Waals surface area contributed by atoms with Crippen molar-refractivity contribution in [1.82, 2.24) is 36.1 Å². The molecule has 0 radical (unpaired) electrons. The molecule has 51 heavy (non-hydrogen) atoms. The molecule has 5 rings (SSSR count). The van der Waals surface area contributed by atoms with Gasteiger partial charge in [0.1, 0.15) is 23.8 Å². The summed E-state index contributed by atoms with van der Waals surface area (Å²) in [7, 11) is 0. The lowest BCUT2D eigenvalue weighted by Crippen LogP contribution is -2.62. The van der Waals surface area contributed by atoms with E-state index in [2.05, 4.69) is 37.8 Å². The third kappa shape index (κ3) is 9.59. The molecule has 4 aliphatic rings. The average Bonchev–Trinajstić information content (AvgIpc) is 4.04. The zero-order chi connectivity index (χ0) is 37.0. The van der Waals surface area contributed by atoms with E-state index >= 15 is 0 Å². The third-order valence-electron chi connectivity index (χ3n) is 10.7. The lowest BCUT2D eigenvalue weighted by molar-refractivity contribution is -0.146. The summed E-state index contributed by atoms with van der Waals surface area (Å²) >= 11 is 0. The molecule has 0 bridgehead atoms. The molecule has 3 saturated carbocycles. The molecular weight excluding hydrogens is 650 g/mol. The van der Waals surface area contributed by atoms with Crippen molar-refractivity contribution in [3.05, 3.63) is 36.4 Å². The summed E-state index contributed by atoms with van der Waals surface area (Å²) in [6.07, 6.45) is 12.5. The first-order chi connectivity index (χ1) is 24.1. The van der Waals surface area contributed by atoms with Gasteiger partial charge in [0.25, 0.3) is 11.8 Å². The van der Waals surface area contributed by atoms with Crippen LogP contribution in [0.1, 0.15) is 109 Å². The lowest BCUT2D eigenvalue weighted by Gasteiger charge is -2.38. The number of rotatable bonds is 14. The predicted molar refractivity (Wildman–Crippen MR) is 190 cm³/mol. The molecule has 5 atom stereocenters. The van der Waals surface area contributed by atoms with Crippen molar-refractivity contribution in [3.63, 3.8) is 0 Å². The Balaban J connectivity index is 1.38. The summed E-state index contributed by atoms with van der Waals surface area (Å²) in [5.41, 5.74) is -0.00449. The van der Waals surface area contributed by atoms with Crippen molar-refractivity contribution in [3.8, 4) is 0 Å². The maximum Gasteiger partial charge on any atom is 0.289 e. The Morgan fingerprint density at radius 1 is 0.922 bits per heavy atom. The summed E-state index contributed by atoms with van der Waals surface area (Å²) < 4.78 is 0. The number of hydrogen-bond acceptors (Lipinski definition) is 8. The van der Waals surface area contributed by atoms with E-state index in [0.29, 0.717) is 12.0 Å². The summed E-state index contributed by atoms with van der Waals surface area (Å²) in [6.45, 7) is 13.8. The van der Waals surface area contributed by atoms with Gasteiger partial charge >= 0.3 is 0 Å². The molecule has 1 unspecified atom stereocenters. The highest BCUT2D eigenvalue weighted by molar-refractivity contribution is 6.38. The van der Waals surface area contributed by atoms with Gasteiger partial charge in [-0.25, -0.2) is 4.98 Å². The molecule has 13 heteroatoms.